The molecule has 0 amide bonds. The quantitative estimate of drug-likeness (QED) is 0.781. The number of hydrogen-bond acceptors (Lipinski definition) is 3. The third-order valence-corrected chi connectivity index (χ3v) is 2.73. The summed E-state index contributed by atoms with van der Waals surface area (Å²) in [4.78, 5) is 10.6. The molecule has 0 radical (unpaired) electrons. The Morgan fingerprint density at radius 3 is 2.69 bits per heavy atom. The summed E-state index contributed by atoms with van der Waals surface area (Å²) in [7, 11) is 0. The van der Waals surface area contributed by atoms with Crippen molar-refractivity contribution >= 4 is 5.97 Å². The van der Waals surface area contributed by atoms with Gasteiger partial charge in [0.2, 0.25) is 5.76 Å². The van der Waals surface area contributed by atoms with Crippen LogP contribution in [0, 0.1) is 5.92 Å². The molecule has 0 aromatic carbocycles. The largest absolute Gasteiger partial charge is 0.475 e. The highest BCUT2D eigenvalue weighted by Gasteiger charge is 2.14. The van der Waals surface area contributed by atoms with Gasteiger partial charge in [-0.2, -0.15) is 0 Å². The third-order valence-electron chi connectivity index (χ3n) is 2.73. The maximum absolute atomic E-state index is 10.6. The predicted molar refractivity (Wildman–Crippen MR) is 61.5 cm³/mol. The van der Waals surface area contributed by atoms with Gasteiger partial charge < -0.3 is 14.8 Å². The maximum atomic E-state index is 10.6. The van der Waals surface area contributed by atoms with E-state index in [1.165, 1.54) is 6.07 Å². The second-order valence-electron chi connectivity index (χ2n) is 4.15. The van der Waals surface area contributed by atoms with Crippen LogP contribution < -0.4 is 5.32 Å². The van der Waals surface area contributed by atoms with Crippen LogP contribution in [0.3, 0.4) is 0 Å². The number of carbonyl (C=O) groups is 1. The van der Waals surface area contributed by atoms with Gasteiger partial charge in [-0.15, -0.1) is 0 Å². The van der Waals surface area contributed by atoms with Crippen molar-refractivity contribution in [3.8, 4) is 0 Å². The van der Waals surface area contributed by atoms with Crippen molar-refractivity contribution in [2.45, 2.75) is 33.2 Å². The van der Waals surface area contributed by atoms with Crippen molar-refractivity contribution < 1.29 is 14.3 Å². The summed E-state index contributed by atoms with van der Waals surface area (Å²) in [5.74, 6) is 0.240. The van der Waals surface area contributed by atoms with Crippen LogP contribution in [0.25, 0.3) is 0 Å². The second kappa shape index (κ2) is 5.70. The van der Waals surface area contributed by atoms with Gasteiger partial charge in [0.15, 0.2) is 0 Å². The lowest BCUT2D eigenvalue weighted by molar-refractivity contribution is 0.0659. The molecular formula is C12H19NO3. The lowest BCUT2D eigenvalue weighted by Gasteiger charge is -2.14. The van der Waals surface area contributed by atoms with Gasteiger partial charge in [0.25, 0.3) is 0 Å². The van der Waals surface area contributed by atoms with Crippen LogP contribution in [0.15, 0.2) is 16.5 Å². The zero-order valence-corrected chi connectivity index (χ0v) is 9.99. The Labute approximate surface area is 95.7 Å². The minimum absolute atomic E-state index is 0.00723. The highest BCUT2D eigenvalue weighted by molar-refractivity contribution is 5.84. The van der Waals surface area contributed by atoms with E-state index in [-0.39, 0.29) is 11.8 Å². The molecule has 0 saturated carbocycles. The van der Waals surface area contributed by atoms with Gasteiger partial charge in [-0.1, -0.05) is 20.3 Å². The molecule has 2 atom stereocenters. The van der Waals surface area contributed by atoms with E-state index in [9.17, 15) is 4.79 Å². The zero-order valence-electron chi connectivity index (χ0n) is 9.99. The summed E-state index contributed by atoms with van der Waals surface area (Å²) in [5, 5.41) is 12.0. The highest BCUT2D eigenvalue weighted by Crippen LogP contribution is 2.16. The number of nitrogens with one attached hydrogen (secondary N) is 1. The Hall–Kier alpha value is -1.29. The van der Waals surface area contributed by atoms with E-state index in [4.69, 9.17) is 9.52 Å². The number of hydrogen-bond donors (Lipinski definition) is 2. The molecule has 1 aromatic rings. The standard InChI is InChI=1S/C12H19NO3/c1-4-8(2)7-13-9(3)10-5-6-11(16-10)12(14)15/h5-6,8-9,13H,4,7H2,1-3H3,(H,14,15). The third kappa shape index (κ3) is 3.38. The van der Waals surface area contributed by atoms with Crippen molar-refractivity contribution in [1.29, 1.82) is 0 Å². The van der Waals surface area contributed by atoms with E-state index >= 15 is 0 Å². The van der Waals surface area contributed by atoms with Crippen molar-refractivity contribution in [3.05, 3.63) is 23.7 Å². The lowest BCUT2D eigenvalue weighted by atomic mass is 10.1. The van der Waals surface area contributed by atoms with E-state index in [2.05, 4.69) is 19.2 Å². The van der Waals surface area contributed by atoms with E-state index in [0.29, 0.717) is 11.7 Å². The van der Waals surface area contributed by atoms with Gasteiger partial charge in [-0.25, -0.2) is 4.79 Å². The predicted octanol–water partition coefficient (Wildman–Crippen LogP) is 2.67. The summed E-state index contributed by atoms with van der Waals surface area (Å²) >= 11 is 0. The molecule has 0 bridgehead atoms. The molecule has 4 nitrogen and oxygen atoms in total. The average molecular weight is 225 g/mol. The summed E-state index contributed by atoms with van der Waals surface area (Å²) < 4.78 is 5.21. The molecule has 0 aliphatic heterocycles. The molecule has 2 N–H and O–H groups in total. The van der Waals surface area contributed by atoms with Crippen molar-refractivity contribution in [3.63, 3.8) is 0 Å². The maximum Gasteiger partial charge on any atom is 0.371 e. The molecule has 1 aromatic heterocycles. The molecule has 1 heterocycles. The monoisotopic (exact) mass is 225 g/mol. The fourth-order valence-electron chi connectivity index (χ4n) is 1.32. The SMILES string of the molecule is CCC(C)CNC(C)c1ccc(C(=O)O)o1. The molecule has 0 aliphatic rings. The topological polar surface area (TPSA) is 62.5 Å². The van der Waals surface area contributed by atoms with Crippen LogP contribution >= 0.6 is 0 Å². The Kier molecular flexibility index (Phi) is 4.55. The first-order valence-corrected chi connectivity index (χ1v) is 5.61. The first-order valence-electron chi connectivity index (χ1n) is 5.61. The summed E-state index contributed by atoms with van der Waals surface area (Å²) in [5.41, 5.74) is 0. The van der Waals surface area contributed by atoms with Gasteiger partial charge in [0.05, 0.1) is 6.04 Å². The van der Waals surface area contributed by atoms with Crippen LogP contribution in [0.1, 0.15) is 49.5 Å². The van der Waals surface area contributed by atoms with E-state index in [0.717, 1.165) is 13.0 Å². The molecule has 1 rings (SSSR count). The van der Waals surface area contributed by atoms with Crippen molar-refractivity contribution in [2.24, 2.45) is 5.92 Å². The number of aromatic carboxylic acids is 1. The van der Waals surface area contributed by atoms with Crippen molar-refractivity contribution in [1.82, 2.24) is 5.32 Å². The van der Waals surface area contributed by atoms with Crippen LogP contribution in [-0.4, -0.2) is 17.6 Å². The molecular weight excluding hydrogens is 206 g/mol. The number of carboxylic acids is 1. The van der Waals surface area contributed by atoms with Crippen LogP contribution in [0.5, 0.6) is 0 Å². The lowest BCUT2D eigenvalue weighted by Crippen LogP contribution is -2.23. The minimum Gasteiger partial charge on any atom is -0.475 e. The Bertz CT molecular complexity index is 346. The smallest absolute Gasteiger partial charge is 0.371 e. The fourth-order valence-corrected chi connectivity index (χ4v) is 1.32. The summed E-state index contributed by atoms with van der Waals surface area (Å²) in [6, 6.07) is 3.23. The number of carboxylic acid groups (broad SMARTS) is 1. The van der Waals surface area contributed by atoms with Crippen LogP contribution in [0.4, 0.5) is 0 Å². The normalized spacial score (nSPS) is 14.7. The fraction of sp³-hybridized carbons (Fsp3) is 0.583. The van der Waals surface area contributed by atoms with Gasteiger partial charge in [-0.3, -0.25) is 0 Å². The van der Waals surface area contributed by atoms with Gasteiger partial charge in [0, 0.05) is 0 Å². The van der Waals surface area contributed by atoms with Crippen LogP contribution in [-0.2, 0) is 0 Å². The zero-order chi connectivity index (χ0) is 12.1. The number of furan rings is 1. The first-order chi connectivity index (χ1) is 7.54. The molecule has 0 saturated heterocycles. The molecule has 0 fully saturated rings. The van der Waals surface area contributed by atoms with Crippen LogP contribution in [0.2, 0.25) is 0 Å². The molecule has 16 heavy (non-hydrogen) atoms. The Morgan fingerprint density at radius 2 is 2.19 bits per heavy atom. The van der Waals surface area contributed by atoms with E-state index in [1.807, 2.05) is 6.92 Å². The van der Waals surface area contributed by atoms with E-state index < -0.39 is 5.97 Å². The van der Waals surface area contributed by atoms with Gasteiger partial charge >= 0.3 is 5.97 Å². The van der Waals surface area contributed by atoms with Gasteiger partial charge in [-0.05, 0) is 31.5 Å². The summed E-state index contributed by atoms with van der Waals surface area (Å²) in [6.45, 7) is 7.19. The second-order valence-corrected chi connectivity index (χ2v) is 4.15. The molecule has 0 aliphatic carbocycles. The Morgan fingerprint density at radius 1 is 1.50 bits per heavy atom. The number of rotatable bonds is 6. The summed E-state index contributed by atoms with van der Waals surface area (Å²) in [6.07, 6.45) is 1.12. The van der Waals surface area contributed by atoms with E-state index in [1.54, 1.807) is 6.07 Å². The molecule has 4 heteroatoms. The molecule has 90 valence electrons. The minimum atomic E-state index is -1.03. The van der Waals surface area contributed by atoms with Crippen molar-refractivity contribution in [2.75, 3.05) is 6.54 Å². The first kappa shape index (κ1) is 12.8. The molecule has 0 spiro atoms. The molecule has 2 unspecified atom stereocenters. The van der Waals surface area contributed by atoms with Gasteiger partial charge in [0.1, 0.15) is 5.76 Å². The average Bonchev–Trinajstić information content (AvgIpc) is 2.74. The Balaban J connectivity index is 2.52. The highest BCUT2D eigenvalue weighted by atomic mass is 16.4.